The van der Waals surface area contributed by atoms with Gasteiger partial charge in [0.25, 0.3) is 5.91 Å². The number of anilines is 1. The van der Waals surface area contributed by atoms with Crippen LogP contribution in [0.2, 0.25) is 0 Å². The highest BCUT2D eigenvalue weighted by molar-refractivity contribution is 5.91. The average molecular weight is 632 g/mol. The highest BCUT2D eigenvalue weighted by atomic mass is 16.6. The number of hydrogen-bond donors (Lipinski definition) is 2. The topological polar surface area (TPSA) is 106 Å². The second kappa shape index (κ2) is 14.3. The summed E-state index contributed by atoms with van der Waals surface area (Å²) in [5.74, 6) is 0.0861. The van der Waals surface area contributed by atoms with Gasteiger partial charge in [0.05, 0.1) is 0 Å². The van der Waals surface area contributed by atoms with E-state index in [4.69, 9.17) is 4.74 Å². The number of rotatable bonds is 6. The number of piperazine rings is 1. The van der Waals surface area contributed by atoms with Gasteiger partial charge in [0, 0.05) is 70.0 Å². The summed E-state index contributed by atoms with van der Waals surface area (Å²) >= 11 is 0. The van der Waals surface area contributed by atoms with Gasteiger partial charge in [-0.2, -0.15) is 0 Å². The zero-order chi connectivity index (χ0) is 32.2. The van der Waals surface area contributed by atoms with Crippen molar-refractivity contribution in [3.63, 3.8) is 0 Å². The molecule has 0 radical (unpaired) electrons. The molecule has 2 N–H and O–H groups in total. The number of hydrogen-bond acceptors (Lipinski definition) is 6. The molecule has 0 aromatic heterocycles. The molecule has 2 aromatic carbocycles. The Bertz CT molecular complexity index is 1390. The number of urea groups is 1. The quantitative estimate of drug-likeness (QED) is 0.461. The lowest BCUT2D eigenvalue weighted by Crippen LogP contribution is -2.55. The third-order valence-corrected chi connectivity index (χ3v) is 10.5. The van der Waals surface area contributed by atoms with Crippen molar-refractivity contribution in [2.24, 2.45) is 0 Å². The maximum absolute atomic E-state index is 14.0. The number of carbonyl (C=O) groups is 3. The Morgan fingerprint density at radius 2 is 1.54 bits per heavy atom. The van der Waals surface area contributed by atoms with Gasteiger partial charge in [-0.15, -0.1) is 0 Å². The van der Waals surface area contributed by atoms with Crippen molar-refractivity contribution in [2.75, 3.05) is 51.1 Å². The number of phenols is 1. The molecule has 3 aliphatic heterocycles. The van der Waals surface area contributed by atoms with Crippen LogP contribution in [0.1, 0.15) is 67.2 Å². The molecule has 46 heavy (non-hydrogen) atoms. The molecule has 1 unspecified atom stereocenters. The van der Waals surface area contributed by atoms with Gasteiger partial charge in [0.15, 0.2) is 6.10 Å². The molecule has 4 aliphatic rings. The van der Waals surface area contributed by atoms with Crippen molar-refractivity contribution in [1.82, 2.24) is 19.6 Å². The van der Waals surface area contributed by atoms with Crippen molar-refractivity contribution < 1.29 is 24.2 Å². The first-order valence-electron chi connectivity index (χ1n) is 17.2. The van der Waals surface area contributed by atoms with Crippen LogP contribution in [0.5, 0.6) is 5.75 Å². The third kappa shape index (κ3) is 7.27. The molecule has 3 fully saturated rings. The summed E-state index contributed by atoms with van der Waals surface area (Å²) in [5, 5.41) is 13.4. The van der Waals surface area contributed by atoms with Crippen molar-refractivity contribution in [2.45, 2.75) is 89.8 Å². The normalized spacial score (nSPS) is 20.9. The first-order chi connectivity index (χ1) is 22.3. The van der Waals surface area contributed by atoms with Gasteiger partial charge in [0.2, 0.25) is 0 Å². The number of phenolic OH excluding ortho intramolecular Hbond substituents is 1. The number of para-hydroxylation sites is 1. The minimum absolute atomic E-state index is 0.0270. The fraction of sp³-hybridized carbons (Fsp3) is 0.583. The molecule has 1 saturated carbocycles. The lowest BCUT2D eigenvalue weighted by Gasteiger charge is -2.41. The van der Waals surface area contributed by atoms with Crippen molar-refractivity contribution in [3.05, 3.63) is 58.7 Å². The number of fused-ring (bicyclic) bond motifs is 1. The molecule has 1 aliphatic carbocycles. The van der Waals surface area contributed by atoms with E-state index in [1.54, 1.807) is 4.90 Å². The number of benzene rings is 2. The van der Waals surface area contributed by atoms with Gasteiger partial charge in [-0.05, 0) is 74.3 Å². The first kappa shape index (κ1) is 32.2. The minimum Gasteiger partial charge on any atom is -0.507 e. The van der Waals surface area contributed by atoms with Crippen LogP contribution in [0, 0.1) is 13.8 Å². The molecule has 0 spiro atoms. The number of carbonyl (C=O) groups excluding carboxylic acids is 3. The average Bonchev–Trinajstić information content (AvgIpc) is 3.25. The van der Waals surface area contributed by atoms with E-state index >= 15 is 0 Å². The van der Waals surface area contributed by atoms with Gasteiger partial charge >= 0.3 is 12.1 Å². The smallest absolute Gasteiger partial charge is 0.410 e. The molecule has 6 rings (SSSR count). The Morgan fingerprint density at radius 1 is 0.870 bits per heavy atom. The number of aromatic hydroxyl groups is 1. The molecule has 0 bridgehead atoms. The molecule has 2 saturated heterocycles. The lowest BCUT2D eigenvalue weighted by molar-refractivity contribution is -0.143. The zero-order valence-corrected chi connectivity index (χ0v) is 27.4. The van der Waals surface area contributed by atoms with Gasteiger partial charge in [-0.25, -0.2) is 9.59 Å². The predicted molar refractivity (Wildman–Crippen MR) is 177 cm³/mol. The maximum atomic E-state index is 14.0. The standard InChI is InChI=1S/C36H49N5O5/c1-25-22-27(23-26(2)33(25)42)24-32(34(43)39-20-18-38(19-21-39)29-9-4-3-5-10-29)46-36(45)40-15-13-30(14-16-40)41-17-12-28-8-6-7-11-31(28)37-35(41)44/h6-8,11,22-23,29-30,32,42H,3-5,9-10,12-21,24H2,1-2H3,(H,37,44). The maximum Gasteiger partial charge on any atom is 0.410 e. The molecule has 10 heteroatoms. The second-order valence-corrected chi connectivity index (χ2v) is 13.6. The summed E-state index contributed by atoms with van der Waals surface area (Å²) in [6.45, 7) is 8.17. The summed E-state index contributed by atoms with van der Waals surface area (Å²) in [7, 11) is 0. The molecular weight excluding hydrogens is 582 g/mol. The Hall–Kier alpha value is -3.79. The summed E-state index contributed by atoms with van der Waals surface area (Å²) in [5.41, 5.74) is 4.31. The van der Waals surface area contributed by atoms with Crippen molar-refractivity contribution >= 4 is 23.7 Å². The van der Waals surface area contributed by atoms with Gasteiger partial charge in [0.1, 0.15) is 5.75 Å². The highest BCUT2D eigenvalue weighted by Crippen LogP contribution is 2.28. The second-order valence-electron chi connectivity index (χ2n) is 13.6. The van der Waals surface area contributed by atoms with Crippen LogP contribution >= 0.6 is 0 Å². The monoisotopic (exact) mass is 631 g/mol. The zero-order valence-electron chi connectivity index (χ0n) is 27.4. The fourth-order valence-electron chi connectivity index (χ4n) is 7.81. The Kier molecular flexibility index (Phi) is 10.0. The summed E-state index contributed by atoms with van der Waals surface area (Å²) in [4.78, 5) is 48.6. The van der Waals surface area contributed by atoms with E-state index in [1.807, 2.05) is 60.0 Å². The number of likely N-dealkylation sites (tertiary alicyclic amines) is 1. The number of ether oxygens (including phenoxy) is 1. The van der Waals surface area contributed by atoms with Crippen molar-refractivity contribution in [1.29, 1.82) is 0 Å². The largest absolute Gasteiger partial charge is 0.507 e. The fourth-order valence-corrected chi connectivity index (χ4v) is 7.81. The molecule has 4 amide bonds. The molecule has 1 atom stereocenters. The van der Waals surface area contributed by atoms with Crippen molar-refractivity contribution in [3.8, 4) is 5.75 Å². The first-order valence-corrected chi connectivity index (χ1v) is 17.2. The van der Waals surface area contributed by atoms with Gasteiger partial charge in [-0.3, -0.25) is 9.69 Å². The van der Waals surface area contributed by atoms with Crippen LogP contribution in [-0.4, -0.2) is 107 Å². The Labute approximate surface area is 272 Å². The van der Waals surface area contributed by atoms with E-state index in [9.17, 15) is 19.5 Å². The molecule has 10 nitrogen and oxygen atoms in total. The molecular formula is C36H49N5O5. The SMILES string of the molecule is Cc1cc(CC(OC(=O)N2CCC(N3CCc4ccccc4NC3=O)CC2)C(=O)N2CCN(C3CCCCC3)CC2)cc(C)c1O. The van der Waals surface area contributed by atoms with Crippen LogP contribution in [0.25, 0.3) is 0 Å². The van der Waals surface area contributed by atoms with E-state index in [-0.39, 0.29) is 30.2 Å². The number of nitrogens with one attached hydrogen (secondary N) is 1. The number of amides is 4. The Balaban J connectivity index is 1.09. The minimum atomic E-state index is -0.954. The highest BCUT2D eigenvalue weighted by Gasteiger charge is 2.36. The number of nitrogens with zero attached hydrogens (tertiary/aromatic N) is 4. The molecule has 248 valence electrons. The van der Waals surface area contributed by atoms with E-state index in [1.165, 1.54) is 32.1 Å². The van der Waals surface area contributed by atoms with Crippen LogP contribution < -0.4 is 5.32 Å². The Morgan fingerprint density at radius 3 is 2.24 bits per heavy atom. The van der Waals surface area contributed by atoms with E-state index < -0.39 is 12.2 Å². The number of piperidine rings is 1. The van der Waals surface area contributed by atoms with E-state index in [0.717, 1.165) is 47.5 Å². The predicted octanol–water partition coefficient (Wildman–Crippen LogP) is 5.09. The summed E-state index contributed by atoms with van der Waals surface area (Å²) in [6.07, 6.45) is 7.25. The van der Waals surface area contributed by atoms with E-state index in [2.05, 4.69) is 10.2 Å². The molecule has 2 aromatic rings. The lowest BCUT2D eigenvalue weighted by atomic mass is 9.94. The number of aryl methyl sites for hydroxylation is 2. The van der Waals surface area contributed by atoms with Gasteiger partial charge < -0.3 is 29.9 Å². The van der Waals surface area contributed by atoms with Crippen LogP contribution in [-0.2, 0) is 22.4 Å². The van der Waals surface area contributed by atoms with Crippen LogP contribution in [0.3, 0.4) is 0 Å². The van der Waals surface area contributed by atoms with E-state index in [0.29, 0.717) is 51.6 Å². The molecule has 3 heterocycles. The van der Waals surface area contributed by atoms with Gasteiger partial charge in [-0.1, -0.05) is 49.6 Å². The van der Waals surface area contributed by atoms with Crippen LogP contribution in [0.15, 0.2) is 36.4 Å². The summed E-state index contributed by atoms with van der Waals surface area (Å²) < 4.78 is 6.05. The third-order valence-electron chi connectivity index (χ3n) is 10.5. The van der Waals surface area contributed by atoms with Crippen LogP contribution in [0.4, 0.5) is 15.3 Å². The summed E-state index contributed by atoms with van der Waals surface area (Å²) in [6, 6.07) is 12.2.